The van der Waals surface area contributed by atoms with Crippen molar-refractivity contribution >= 4 is 12.4 Å². The summed E-state index contributed by atoms with van der Waals surface area (Å²) in [6.07, 6.45) is -0.528. The summed E-state index contributed by atoms with van der Waals surface area (Å²) in [5, 5.41) is 10.5. The van der Waals surface area contributed by atoms with Crippen LogP contribution >= 0.6 is 0 Å². The first-order valence-corrected chi connectivity index (χ1v) is 2.65. The smallest absolute Gasteiger partial charge is 0.334 e. The zero-order chi connectivity index (χ0) is 7.98. The van der Waals surface area contributed by atoms with Crippen LogP contribution in [0.15, 0.2) is 0 Å². The molecule has 0 aromatic carbocycles. The second kappa shape index (κ2) is 4.75. The monoisotopic (exact) mass is 147 g/mol. The molecule has 1 unspecified atom stereocenters. The van der Waals surface area contributed by atoms with Crippen molar-refractivity contribution in [3.8, 4) is 0 Å². The van der Waals surface area contributed by atoms with E-state index >= 15 is 0 Å². The van der Waals surface area contributed by atoms with Crippen molar-refractivity contribution < 1.29 is 19.4 Å². The van der Waals surface area contributed by atoms with Crippen LogP contribution in [0.25, 0.3) is 0 Å². The van der Waals surface area contributed by atoms with Crippen LogP contribution in [0.4, 0.5) is 0 Å². The van der Waals surface area contributed by atoms with E-state index in [1.807, 2.05) is 0 Å². The molecule has 1 amide bonds. The van der Waals surface area contributed by atoms with E-state index in [1.54, 1.807) is 0 Å². The molecule has 0 rings (SSSR count). The van der Waals surface area contributed by atoms with E-state index in [-0.39, 0.29) is 6.54 Å². The maximum Gasteiger partial charge on any atom is 0.334 e. The number of carboxylic acid groups (broad SMARTS) is 1. The maximum absolute atomic E-state index is 10.2. The van der Waals surface area contributed by atoms with Crippen molar-refractivity contribution in [1.29, 1.82) is 0 Å². The Balaban J connectivity index is 3.60. The van der Waals surface area contributed by atoms with Gasteiger partial charge in [-0.1, -0.05) is 0 Å². The van der Waals surface area contributed by atoms with Crippen molar-refractivity contribution in [3.63, 3.8) is 0 Å². The summed E-state index contributed by atoms with van der Waals surface area (Å²) in [6, 6.07) is 0. The Labute approximate surface area is 58.0 Å². The van der Waals surface area contributed by atoms with Crippen LogP contribution in [0.2, 0.25) is 0 Å². The van der Waals surface area contributed by atoms with Crippen LogP contribution in [0.1, 0.15) is 0 Å². The molecule has 0 spiro atoms. The fourth-order valence-electron chi connectivity index (χ4n) is 0.427. The number of hydrogen-bond donors (Lipinski definition) is 2. The Morgan fingerprint density at radius 3 is 2.80 bits per heavy atom. The first-order chi connectivity index (χ1) is 4.72. The van der Waals surface area contributed by atoms with Gasteiger partial charge in [0.25, 0.3) is 0 Å². The minimum absolute atomic E-state index is 0.00463. The van der Waals surface area contributed by atoms with Gasteiger partial charge in [-0.2, -0.15) is 0 Å². The highest BCUT2D eigenvalue weighted by Crippen LogP contribution is 1.85. The Kier molecular flexibility index (Phi) is 4.23. The third-order valence-electron chi connectivity index (χ3n) is 0.947. The number of carbonyl (C=O) groups excluding carboxylic acids is 1. The quantitative estimate of drug-likeness (QED) is 0.480. The fraction of sp³-hybridized carbons (Fsp3) is 0.600. The highest BCUT2D eigenvalue weighted by Gasteiger charge is 2.14. The lowest BCUT2D eigenvalue weighted by molar-refractivity contribution is -0.148. The van der Waals surface area contributed by atoms with Gasteiger partial charge in [-0.25, -0.2) is 4.79 Å². The van der Waals surface area contributed by atoms with E-state index < -0.39 is 12.1 Å². The summed E-state index contributed by atoms with van der Waals surface area (Å²) < 4.78 is 4.49. The average Bonchev–Trinajstić information content (AvgIpc) is 1.89. The predicted octanol–water partition coefficient (Wildman–Crippen LogP) is -1.17. The van der Waals surface area contributed by atoms with E-state index in [1.165, 1.54) is 7.11 Å². The standard InChI is InChI=1S/C5H9NO4/c1-10-4(5(8)9)2-6-3-7/h3-4H,2H2,1H3,(H,6,7)(H,8,9). The molecule has 10 heavy (non-hydrogen) atoms. The molecule has 5 heteroatoms. The molecule has 0 aromatic heterocycles. The van der Waals surface area contributed by atoms with Gasteiger partial charge in [-0.3, -0.25) is 4.79 Å². The first kappa shape index (κ1) is 8.90. The average molecular weight is 147 g/mol. The van der Waals surface area contributed by atoms with Gasteiger partial charge in [0.15, 0.2) is 6.10 Å². The molecule has 0 aliphatic rings. The van der Waals surface area contributed by atoms with Crippen LogP contribution in [0.5, 0.6) is 0 Å². The van der Waals surface area contributed by atoms with Gasteiger partial charge in [0.2, 0.25) is 6.41 Å². The molecule has 0 saturated heterocycles. The van der Waals surface area contributed by atoms with E-state index in [4.69, 9.17) is 5.11 Å². The number of methoxy groups -OCH3 is 1. The lowest BCUT2D eigenvalue weighted by Gasteiger charge is -2.07. The van der Waals surface area contributed by atoms with Crippen LogP contribution in [0.3, 0.4) is 0 Å². The van der Waals surface area contributed by atoms with Gasteiger partial charge < -0.3 is 15.2 Å². The Hall–Kier alpha value is -1.10. The van der Waals surface area contributed by atoms with Crippen LogP contribution < -0.4 is 5.32 Å². The SMILES string of the molecule is COC(CNC=O)C(=O)O. The number of ether oxygens (including phenoxy) is 1. The largest absolute Gasteiger partial charge is 0.479 e. The number of carbonyl (C=O) groups is 2. The molecule has 58 valence electrons. The lowest BCUT2D eigenvalue weighted by atomic mass is 10.3. The van der Waals surface area contributed by atoms with Gasteiger partial charge in [0.1, 0.15) is 0 Å². The Morgan fingerprint density at radius 2 is 2.50 bits per heavy atom. The van der Waals surface area contributed by atoms with Gasteiger partial charge in [-0.15, -0.1) is 0 Å². The third-order valence-corrected chi connectivity index (χ3v) is 0.947. The minimum Gasteiger partial charge on any atom is -0.479 e. The van der Waals surface area contributed by atoms with E-state index in [0.29, 0.717) is 6.41 Å². The van der Waals surface area contributed by atoms with Crippen molar-refractivity contribution in [2.24, 2.45) is 0 Å². The van der Waals surface area contributed by atoms with Crippen LogP contribution in [-0.4, -0.2) is 37.2 Å². The number of carboxylic acids is 1. The molecular weight excluding hydrogens is 138 g/mol. The molecule has 0 aliphatic heterocycles. The number of aliphatic carboxylic acids is 1. The van der Waals surface area contributed by atoms with Crippen molar-refractivity contribution in [3.05, 3.63) is 0 Å². The zero-order valence-corrected chi connectivity index (χ0v) is 5.53. The summed E-state index contributed by atoms with van der Waals surface area (Å²) in [6.45, 7) is -0.00463. The number of hydrogen-bond acceptors (Lipinski definition) is 3. The maximum atomic E-state index is 10.2. The molecule has 2 N–H and O–H groups in total. The Bertz CT molecular complexity index is 125. The fourth-order valence-corrected chi connectivity index (χ4v) is 0.427. The minimum atomic E-state index is -1.09. The molecule has 0 saturated carbocycles. The summed E-state index contributed by atoms with van der Waals surface area (Å²) in [5.74, 6) is -1.09. The third kappa shape index (κ3) is 3.03. The normalized spacial score (nSPS) is 12.1. The number of rotatable bonds is 5. The van der Waals surface area contributed by atoms with Crippen LogP contribution in [-0.2, 0) is 14.3 Å². The summed E-state index contributed by atoms with van der Waals surface area (Å²) in [4.78, 5) is 19.8. The molecular formula is C5H9NO4. The molecule has 0 heterocycles. The second-order valence-corrected chi connectivity index (χ2v) is 1.59. The van der Waals surface area contributed by atoms with Gasteiger partial charge in [-0.05, 0) is 0 Å². The lowest BCUT2D eigenvalue weighted by Crippen LogP contribution is -2.33. The predicted molar refractivity (Wildman–Crippen MR) is 32.5 cm³/mol. The first-order valence-electron chi connectivity index (χ1n) is 2.65. The van der Waals surface area contributed by atoms with Crippen molar-refractivity contribution in [1.82, 2.24) is 5.32 Å². The molecule has 5 nitrogen and oxygen atoms in total. The van der Waals surface area contributed by atoms with Gasteiger partial charge in [0, 0.05) is 7.11 Å². The molecule has 0 radical (unpaired) electrons. The molecule has 0 aromatic rings. The highest BCUT2D eigenvalue weighted by atomic mass is 16.5. The topological polar surface area (TPSA) is 75.6 Å². The van der Waals surface area contributed by atoms with Crippen molar-refractivity contribution in [2.45, 2.75) is 6.10 Å². The van der Waals surface area contributed by atoms with E-state index in [9.17, 15) is 9.59 Å². The second-order valence-electron chi connectivity index (χ2n) is 1.59. The highest BCUT2D eigenvalue weighted by molar-refractivity contribution is 5.73. The summed E-state index contributed by atoms with van der Waals surface area (Å²) >= 11 is 0. The van der Waals surface area contributed by atoms with E-state index in [2.05, 4.69) is 10.1 Å². The Morgan fingerprint density at radius 1 is 1.90 bits per heavy atom. The summed E-state index contributed by atoms with van der Waals surface area (Å²) in [7, 11) is 1.27. The van der Waals surface area contributed by atoms with E-state index in [0.717, 1.165) is 0 Å². The van der Waals surface area contributed by atoms with Gasteiger partial charge in [0.05, 0.1) is 6.54 Å². The molecule has 0 bridgehead atoms. The molecule has 0 aliphatic carbocycles. The molecule has 1 atom stereocenters. The number of nitrogens with one attached hydrogen (secondary N) is 1. The summed E-state index contributed by atoms with van der Waals surface area (Å²) in [5.41, 5.74) is 0. The zero-order valence-electron chi connectivity index (χ0n) is 5.53. The van der Waals surface area contributed by atoms with Crippen LogP contribution in [0, 0.1) is 0 Å². The van der Waals surface area contributed by atoms with Crippen molar-refractivity contribution in [2.75, 3.05) is 13.7 Å². The molecule has 0 fully saturated rings. The van der Waals surface area contributed by atoms with Gasteiger partial charge >= 0.3 is 5.97 Å². The number of amides is 1.